The van der Waals surface area contributed by atoms with Gasteiger partial charge in [-0.15, -0.1) is 0 Å². The Morgan fingerprint density at radius 1 is 1.45 bits per heavy atom. The van der Waals surface area contributed by atoms with Gasteiger partial charge in [-0.05, 0) is 24.5 Å². The first-order valence-electron chi connectivity index (χ1n) is 6.83. The van der Waals surface area contributed by atoms with Crippen LogP contribution in [0.15, 0.2) is 31.0 Å². The van der Waals surface area contributed by atoms with Crippen molar-refractivity contribution in [1.29, 1.82) is 0 Å². The Hall–Kier alpha value is -2.29. The van der Waals surface area contributed by atoms with E-state index in [0.29, 0.717) is 24.3 Å². The topological polar surface area (TPSA) is 107 Å². The van der Waals surface area contributed by atoms with Crippen molar-refractivity contribution in [3.63, 3.8) is 0 Å². The maximum absolute atomic E-state index is 12.2. The van der Waals surface area contributed by atoms with E-state index >= 15 is 0 Å². The Kier molecular flexibility index (Phi) is 3.88. The number of carbonyl (C=O) groups is 1. The van der Waals surface area contributed by atoms with Gasteiger partial charge in [0.05, 0.1) is 11.5 Å². The van der Waals surface area contributed by atoms with Crippen LogP contribution in [0, 0.1) is 5.92 Å². The van der Waals surface area contributed by atoms with Crippen molar-refractivity contribution in [3.8, 4) is 5.82 Å². The lowest BCUT2D eigenvalue weighted by atomic mass is 10.1. The van der Waals surface area contributed by atoms with Crippen molar-refractivity contribution in [3.05, 3.63) is 36.5 Å². The number of amides is 1. The summed E-state index contributed by atoms with van der Waals surface area (Å²) in [7, 11) is -2.92. The summed E-state index contributed by atoms with van der Waals surface area (Å²) >= 11 is 0. The van der Waals surface area contributed by atoms with Gasteiger partial charge in [0.1, 0.15) is 12.7 Å². The first-order valence-corrected chi connectivity index (χ1v) is 8.65. The zero-order chi connectivity index (χ0) is 15.6. The summed E-state index contributed by atoms with van der Waals surface area (Å²) in [5, 5.41) is 6.73. The number of nitrogens with one attached hydrogen (secondary N) is 1. The van der Waals surface area contributed by atoms with Crippen LogP contribution < -0.4 is 5.32 Å². The molecule has 2 aromatic heterocycles. The zero-order valence-electron chi connectivity index (χ0n) is 11.7. The first-order chi connectivity index (χ1) is 10.5. The molecule has 1 amide bonds. The second-order valence-electron chi connectivity index (χ2n) is 5.22. The van der Waals surface area contributed by atoms with Crippen LogP contribution in [0.5, 0.6) is 0 Å². The lowest BCUT2D eigenvalue weighted by molar-refractivity contribution is 0.0948. The molecule has 0 aliphatic carbocycles. The van der Waals surface area contributed by atoms with E-state index < -0.39 is 9.84 Å². The Bertz CT molecular complexity index is 773. The number of aromatic nitrogens is 4. The molecule has 0 spiro atoms. The summed E-state index contributed by atoms with van der Waals surface area (Å²) < 4.78 is 24.2. The molecule has 1 aliphatic heterocycles. The third-order valence-corrected chi connectivity index (χ3v) is 5.38. The molecular formula is C13H15N5O3S. The molecule has 0 saturated carbocycles. The van der Waals surface area contributed by atoms with Crippen LogP contribution in [-0.2, 0) is 9.84 Å². The van der Waals surface area contributed by atoms with E-state index in [0.717, 1.165) is 0 Å². The van der Waals surface area contributed by atoms with E-state index in [2.05, 4.69) is 20.4 Å². The highest BCUT2D eigenvalue weighted by Gasteiger charge is 2.28. The molecule has 22 heavy (non-hydrogen) atoms. The highest BCUT2D eigenvalue weighted by molar-refractivity contribution is 7.91. The fourth-order valence-electron chi connectivity index (χ4n) is 2.38. The van der Waals surface area contributed by atoms with Crippen molar-refractivity contribution < 1.29 is 13.2 Å². The second-order valence-corrected chi connectivity index (χ2v) is 7.45. The number of hydrogen-bond donors (Lipinski definition) is 1. The van der Waals surface area contributed by atoms with Crippen molar-refractivity contribution in [2.75, 3.05) is 18.1 Å². The molecule has 0 bridgehead atoms. The number of hydrogen-bond acceptors (Lipinski definition) is 6. The first kappa shape index (κ1) is 14.6. The van der Waals surface area contributed by atoms with Gasteiger partial charge >= 0.3 is 0 Å². The molecule has 0 unspecified atom stereocenters. The lowest BCUT2D eigenvalue weighted by Gasteiger charge is -2.10. The molecule has 1 fully saturated rings. The minimum absolute atomic E-state index is 0.00873. The molecule has 8 nitrogen and oxygen atoms in total. The molecule has 9 heteroatoms. The Balaban J connectivity index is 1.64. The number of rotatable bonds is 4. The molecule has 2 aromatic rings. The van der Waals surface area contributed by atoms with Gasteiger partial charge in [-0.2, -0.15) is 5.10 Å². The van der Waals surface area contributed by atoms with Crippen LogP contribution in [0.2, 0.25) is 0 Å². The average Bonchev–Trinajstić information content (AvgIpc) is 3.14. The molecular weight excluding hydrogens is 306 g/mol. The normalized spacial score (nSPS) is 19.9. The predicted octanol–water partition coefficient (Wildman–Crippen LogP) is -0.173. The van der Waals surface area contributed by atoms with Crippen LogP contribution >= 0.6 is 0 Å². The average molecular weight is 321 g/mol. The summed E-state index contributed by atoms with van der Waals surface area (Å²) in [5.74, 6) is 0.583. The molecule has 0 radical (unpaired) electrons. The van der Waals surface area contributed by atoms with E-state index in [1.807, 2.05) is 0 Å². The van der Waals surface area contributed by atoms with Crippen LogP contribution in [-0.4, -0.2) is 52.1 Å². The monoisotopic (exact) mass is 321 g/mol. The SMILES string of the molecule is O=C(NC[C@@H]1CCS(=O)(=O)C1)c1ccnc(-n2cncn2)c1. The summed E-state index contributed by atoms with van der Waals surface area (Å²) in [5.41, 5.74) is 0.446. The van der Waals surface area contributed by atoms with Gasteiger partial charge in [0.25, 0.3) is 5.91 Å². The van der Waals surface area contributed by atoms with E-state index in [-0.39, 0.29) is 23.3 Å². The van der Waals surface area contributed by atoms with Crippen LogP contribution in [0.1, 0.15) is 16.8 Å². The molecule has 116 valence electrons. The summed E-state index contributed by atoms with van der Waals surface area (Å²) in [6.45, 7) is 0.360. The third-order valence-electron chi connectivity index (χ3n) is 3.54. The lowest BCUT2D eigenvalue weighted by Crippen LogP contribution is -2.30. The minimum atomic E-state index is -2.92. The number of carbonyl (C=O) groups excluding carboxylic acids is 1. The largest absolute Gasteiger partial charge is 0.352 e. The Labute approximate surface area is 127 Å². The van der Waals surface area contributed by atoms with Crippen LogP contribution in [0.3, 0.4) is 0 Å². The summed E-state index contributed by atoms with van der Waals surface area (Å²) in [6, 6.07) is 3.20. The summed E-state index contributed by atoms with van der Waals surface area (Å²) in [6.07, 6.45) is 5.00. The fraction of sp³-hybridized carbons (Fsp3) is 0.385. The highest BCUT2D eigenvalue weighted by atomic mass is 32.2. The molecule has 0 aromatic carbocycles. The molecule has 1 aliphatic rings. The van der Waals surface area contributed by atoms with E-state index in [1.165, 1.54) is 23.5 Å². The smallest absolute Gasteiger partial charge is 0.251 e. The van der Waals surface area contributed by atoms with Gasteiger partial charge in [0.15, 0.2) is 15.7 Å². The molecule has 1 atom stereocenters. The van der Waals surface area contributed by atoms with Gasteiger partial charge < -0.3 is 5.32 Å². The standard InChI is InChI=1S/C13H15N5O3S/c19-13(16-6-10-2-4-22(20,21)7-10)11-1-3-15-12(5-11)18-9-14-8-17-18/h1,3,5,8-10H,2,4,6-7H2,(H,16,19)/t10-/m0/s1. The molecule has 3 heterocycles. The quantitative estimate of drug-likeness (QED) is 0.837. The number of pyridine rings is 1. The van der Waals surface area contributed by atoms with E-state index in [4.69, 9.17) is 0 Å². The van der Waals surface area contributed by atoms with E-state index in [1.54, 1.807) is 12.1 Å². The predicted molar refractivity (Wildman–Crippen MR) is 78.2 cm³/mol. The van der Waals surface area contributed by atoms with Crippen molar-refractivity contribution in [1.82, 2.24) is 25.1 Å². The molecule has 1 saturated heterocycles. The fourth-order valence-corrected chi connectivity index (χ4v) is 4.25. The highest BCUT2D eigenvalue weighted by Crippen LogP contribution is 2.17. The number of nitrogens with zero attached hydrogens (tertiary/aromatic N) is 4. The van der Waals surface area contributed by atoms with Gasteiger partial charge in [-0.25, -0.2) is 23.1 Å². The van der Waals surface area contributed by atoms with Crippen LogP contribution in [0.4, 0.5) is 0 Å². The molecule has 3 rings (SSSR count). The zero-order valence-corrected chi connectivity index (χ0v) is 12.5. The second kappa shape index (κ2) is 5.84. The van der Waals surface area contributed by atoms with Crippen molar-refractivity contribution >= 4 is 15.7 Å². The van der Waals surface area contributed by atoms with Crippen LogP contribution in [0.25, 0.3) is 5.82 Å². The summed E-state index contributed by atoms with van der Waals surface area (Å²) in [4.78, 5) is 20.1. The van der Waals surface area contributed by atoms with Gasteiger partial charge in [-0.3, -0.25) is 4.79 Å². The van der Waals surface area contributed by atoms with Gasteiger partial charge in [0.2, 0.25) is 0 Å². The van der Waals surface area contributed by atoms with E-state index in [9.17, 15) is 13.2 Å². The maximum atomic E-state index is 12.2. The number of sulfone groups is 1. The van der Waals surface area contributed by atoms with Crippen molar-refractivity contribution in [2.24, 2.45) is 5.92 Å². The van der Waals surface area contributed by atoms with Crippen molar-refractivity contribution in [2.45, 2.75) is 6.42 Å². The maximum Gasteiger partial charge on any atom is 0.251 e. The van der Waals surface area contributed by atoms with Gasteiger partial charge in [-0.1, -0.05) is 0 Å². The van der Waals surface area contributed by atoms with Gasteiger partial charge in [0, 0.05) is 18.3 Å². The minimum Gasteiger partial charge on any atom is -0.352 e. The Morgan fingerprint density at radius 2 is 2.32 bits per heavy atom. The third kappa shape index (κ3) is 3.30. The molecule has 1 N–H and O–H groups in total. The Morgan fingerprint density at radius 3 is 3.00 bits per heavy atom.